The Balaban J connectivity index is 1.44. The fourth-order valence-electron chi connectivity index (χ4n) is 3.86. The van der Waals surface area contributed by atoms with Crippen LogP contribution in [0.3, 0.4) is 0 Å². The standard InChI is InChI=1S/C20H29NO4S/c22-20(15-26(23,24)19-8-4-5-9-19)21-14-16-10-12-18(13-11-16)25-17-6-2-1-3-7-17/h10-13,17,19H,1-9,14-15H2,(H,21,22). The molecule has 0 radical (unpaired) electrons. The van der Waals surface area contributed by atoms with Crippen LogP contribution in [0.5, 0.6) is 5.75 Å². The summed E-state index contributed by atoms with van der Waals surface area (Å²) < 4.78 is 30.4. The zero-order valence-corrected chi connectivity index (χ0v) is 16.1. The van der Waals surface area contributed by atoms with Crippen molar-refractivity contribution in [2.24, 2.45) is 0 Å². The predicted octanol–water partition coefficient (Wildman–Crippen LogP) is 3.37. The third-order valence-electron chi connectivity index (χ3n) is 5.41. The Morgan fingerprint density at radius 3 is 2.23 bits per heavy atom. The van der Waals surface area contributed by atoms with Crippen LogP contribution >= 0.6 is 0 Å². The molecule has 144 valence electrons. The van der Waals surface area contributed by atoms with Crippen molar-refractivity contribution in [1.82, 2.24) is 5.32 Å². The zero-order valence-electron chi connectivity index (χ0n) is 15.3. The molecule has 1 aromatic carbocycles. The Bertz CT molecular complexity index is 687. The summed E-state index contributed by atoms with van der Waals surface area (Å²) in [5, 5.41) is 2.39. The molecule has 0 aliphatic heterocycles. The maximum atomic E-state index is 12.2. The molecule has 1 N–H and O–H groups in total. The molecule has 2 fully saturated rings. The summed E-state index contributed by atoms with van der Waals surface area (Å²) in [6, 6.07) is 7.69. The molecular weight excluding hydrogens is 350 g/mol. The van der Waals surface area contributed by atoms with Crippen molar-refractivity contribution >= 4 is 15.7 Å². The number of hydrogen-bond donors (Lipinski definition) is 1. The highest BCUT2D eigenvalue weighted by atomic mass is 32.2. The van der Waals surface area contributed by atoms with Crippen LogP contribution in [-0.2, 0) is 21.2 Å². The fourth-order valence-corrected chi connectivity index (χ4v) is 5.62. The maximum absolute atomic E-state index is 12.2. The summed E-state index contributed by atoms with van der Waals surface area (Å²) in [5.74, 6) is 0.0378. The van der Waals surface area contributed by atoms with E-state index in [4.69, 9.17) is 4.74 Å². The molecule has 0 saturated heterocycles. The molecule has 2 saturated carbocycles. The lowest BCUT2D eigenvalue weighted by molar-refractivity contribution is -0.118. The molecule has 2 aliphatic rings. The van der Waals surface area contributed by atoms with Gasteiger partial charge in [0.25, 0.3) is 0 Å². The Morgan fingerprint density at radius 1 is 0.962 bits per heavy atom. The summed E-state index contributed by atoms with van der Waals surface area (Å²) in [6.45, 7) is 0.336. The van der Waals surface area contributed by atoms with Gasteiger partial charge in [0.15, 0.2) is 9.84 Å². The highest BCUT2D eigenvalue weighted by molar-refractivity contribution is 7.92. The van der Waals surface area contributed by atoms with Crippen LogP contribution in [-0.4, -0.2) is 31.4 Å². The van der Waals surface area contributed by atoms with Crippen LogP contribution < -0.4 is 10.1 Å². The topological polar surface area (TPSA) is 72.5 Å². The number of rotatable bonds is 7. The van der Waals surface area contributed by atoms with Crippen molar-refractivity contribution < 1.29 is 17.9 Å². The quantitative estimate of drug-likeness (QED) is 0.788. The maximum Gasteiger partial charge on any atom is 0.235 e. The molecule has 0 aromatic heterocycles. The van der Waals surface area contributed by atoms with E-state index in [1.54, 1.807) is 0 Å². The lowest BCUT2D eigenvalue weighted by Gasteiger charge is -2.23. The highest BCUT2D eigenvalue weighted by Gasteiger charge is 2.30. The van der Waals surface area contributed by atoms with Crippen molar-refractivity contribution in [1.29, 1.82) is 0 Å². The second-order valence-electron chi connectivity index (χ2n) is 7.51. The first kappa shape index (κ1) is 19.2. The third kappa shape index (κ3) is 5.47. The molecule has 0 heterocycles. The summed E-state index contributed by atoms with van der Waals surface area (Å²) >= 11 is 0. The first-order valence-corrected chi connectivity index (χ1v) is 11.5. The van der Waals surface area contributed by atoms with Crippen LogP contribution in [0.1, 0.15) is 63.4 Å². The van der Waals surface area contributed by atoms with Gasteiger partial charge in [-0.15, -0.1) is 0 Å². The minimum absolute atomic E-state index is 0.315. The van der Waals surface area contributed by atoms with Gasteiger partial charge in [0.1, 0.15) is 11.5 Å². The SMILES string of the molecule is O=C(CS(=O)(=O)C1CCCC1)NCc1ccc(OC2CCCCC2)cc1. The van der Waals surface area contributed by atoms with Gasteiger partial charge >= 0.3 is 0 Å². The van der Waals surface area contributed by atoms with E-state index in [0.29, 0.717) is 25.5 Å². The van der Waals surface area contributed by atoms with E-state index in [2.05, 4.69) is 5.32 Å². The number of hydrogen-bond acceptors (Lipinski definition) is 4. The molecule has 1 aromatic rings. The van der Waals surface area contributed by atoms with Gasteiger partial charge in [-0.25, -0.2) is 8.42 Å². The normalized spacial score (nSPS) is 19.4. The highest BCUT2D eigenvalue weighted by Crippen LogP contribution is 2.25. The minimum atomic E-state index is -3.32. The molecule has 5 nitrogen and oxygen atoms in total. The summed E-state index contributed by atoms with van der Waals surface area (Å²) in [6.07, 6.45) is 9.60. The van der Waals surface area contributed by atoms with Crippen molar-refractivity contribution in [3.63, 3.8) is 0 Å². The van der Waals surface area contributed by atoms with E-state index < -0.39 is 21.5 Å². The zero-order chi connectivity index (χ0) is 18.4. The number of carbonyl (C=O) groups is 1. The number of sulfone groups is 1. The number of benzene rings is 1. The number of carbonyl (C=O) groups excluding carboxylic acids is 1. The molecule has 1 amide bonds. The van der Waals surface area contributed by atoms with Crippen molar-refractivity contribution in [3.05, 3.63) is 29.8 Å². The second kappa shape index (κ2) is 8.89. The smallest absolute Gasteiger partial charge is 0.235 e. The summed E-state index contributed by atoms with van der Waals surface area (Å²) in [5.41, 5.74) is 0.938. The first-order valence-electron chi connectivity index (χ1n) is 9.77. The molecule has 0 unspecified atom stereocenters. The Labute approximate surface area is 156 Å². The second-order valence-corrected chi connectivity index (χ2v) is 9.79. The van der Waals surface area contributed by atoms with Crippen molar-refractivity contribution in [2.75, 3.05) is 5.75 Å². The molecular formula is C20H29NO4S. The summed E-state index contributed by atoms with van der Waals surface area (Å²) in [4.78, 5) is 12.0. The van der Waals surface area contributed by atoms with Gasteiger partial charge in [-0.2, -0.15) is 0 Å². The Kier molecular flexibility index (Phi) is 6.57. The average Bonchev–Trinajstić information content (AvgIpc) is 3.17. The van der Waals surface area contributed by atoms with E-state index in [1.165, 1.54) is 19.3 Å². The lowest BCUT2D eigenvalue weighted by Crippen LogP contribution is -2.33. The number of ether oxygens (including phenoxy) is 1. The molecule has 0 bridgehead atoms. The molecule has 26 heavy (non-hydrogen) atoms. The largest absolute Gasteiger partial charge is 0.490 e. The van der Waals surface area contributed by atoms with E-state index in [9.17, 15) is 13.2 Å². The van der Waals surface area contributed by atoms with E-state index in [1.807, 2.05) is 24.3 Å². The van der Waals surface area contributed by atoms with Gasteiger partial charge in [0.2, 0.25) is 5.91 Å². The van der Waals surface area contributed by atoms with Gasteiger partial charge in [0.05, 0.1) is 11.4 Å². The van der Waals surface area contributed by atoms with Crippen LogP contribution in [0, 0.1) is 0 Å². The van der Waals surface area contributed by atoms with Crippen LogP contribution in [0.15, 0.2) is 24.3 Å². The third-order valence-corrected chi connectivity index (χ3v) is 7.56. The van der Waals surface area contributed by atoms with Gasteiger partial charge in [-0.1, -0.05) is 31.4 Å². The Hall–Kier alpha value is -1.56. The van der Waals surface area contributed by atoms with Gasteiger partial charge in [-0.05, 0) is 56.2 Å². The molecule has 6 heteroatoms. The number of nitrogens with one attached hydrogen (secondary N) is 1. The van der Waals surface area contributed by atoms with E-state index >= 15 is 0 Å². The summed E-state index contributed by atoms with van der Waals surface area (Å²) in [7, 11) is -3.32. The monoisotopic (exact) mass is 379 g/mol. The van der Waals surface area contributed by atoms with Crippen LogP contribution in [0.4, 0.5) is 0 Å². The fraction of sp³-hybridized carbons (Fsp3) is 0.650. The molecule has 0 spiro atoms. The van der Waals surface area contributed by atoms with Gasteiger partial charge in [0, 0.05) is 6.54 Å². The molecule has 3 rings (SSSR count). The lowest BCUT2D eigenvalue weighted by atomic mass is 9.98. The van der Waals surface area contributed by atoms with Crippen LogP contribution in [0.25, 0.3) is 0 Å². The predicted molar refractivity (Wildman–Crippen MR) is 102 cm³/mol. The minimum Gasteiger partial charge on any atom is -0.490 e. The molecule has 2 aliphatic carbocycles. The average molecular weight is 380 g/mol. The molecule has 0 atom stereocenters. The van der Waals surface area contributed by atoms with E-state index in [0.717, 1.165) is 37.0 Å². The van der Waals surface area contributed by atoms with E-state index in [-0.39, 0.29) is 5.25 Å². The van der Waals surface area contributed by atoms with Crippen molar-refractivity contribution in [2.45, 2.75) is 75.7 Å². The number of amides is 1. The van der Waals surface area contributed by atoms with Crippen molar-refractivity contribution in [3.8, 4) is 5.75 Å². The van der Waals surface area contributed by atoms with Gasteiger partial charge < -0.3 is 10.1 Å². The van der Waals surface area contributed by atoms with Gasteiger partial charge in [-0.3, -0.25) is 4.79 Å². The Morgan fingerprint density at radius 2 is 1.58 bits per heavy atom. The first-order chi connectivity index (χ1) is 12.5. The van der Waals surface area contributed by atoms with Crippen LogP contribution in [0.2, 0.25) is 0 Å².